The molecule has 0 aromatic heterocycles. The fourth-order valence-electron chi connectivity index (χ4n) is 2.10. The number of benzene rings is 2. The third-order valence-electron chi connectivity index (χ3n) is 2.99. The summed E-state index contributed by atoms with van der Waals surface area (Å²) in [5.41, 5.74) is 2.24. The van der Waals surface area contributed by atoms with E-state index in [1.165, 1.54) is 0 Å². The third kappa shape index (κ3) is 2.65. The molecule has 19 heavy (non-hydrogen) atoms. The molecular weight excluding hydrogens is 240 g/mol. The smallest absolute Gasteiger partial charge is 0.203 e. The van der Waals surface area contributed by atoms with E-state index >= 15 is 0 Å². The Balaban J connectivity index is 1.82. The fourth-order valence-corrected chi connectivity index (χ4v) is 2.10. The first kappa shape index (κ1) is 11.9. The Morgan fingerprint density at radius 2 is 1.84 bits per heavy atom. The number of aryl methyl sites for hydroxylation is 1. The van der Waals surface area contributed by atoms with Crippen molar-refractivity contribution in [1.82, 2.24) is 0 Å². The van der Waals surface area contributed by atoms with Crippen LogP contribution in [0.15, 0.2) is 42.5 Å². The molecule has 0 fully saturated rings. The van der Waals surface area contributed by atoms with Crippen molar-refractivity contribution < 1.29 is 14.2 Å². The van der Waals surface area contributed by atoms with Crippen molar-refractivity contribution in [1.29, 1.82) is 0 Å². The standard InChI is InChI=1S/C16H16O3/c1-12-9-14-16(18-8-7-17-14)15(10-12)19-11-13-5-3-2-4-6-13/h2-6,9-10H,7-8,11H2,1H3. The van der Waals surface area contributed by atoms with Crippen molar-refractivity contribution in [2.45, 2.75) is 13.5 Å². The lowest BCUT2D eigenvalue weighted by molar-refractivity contribution is 0.160. The van der Waals surface area contributed by atoms with E-state index in [0.717, 1.165) is 22.6 Å². The molecule has 0 saturated heterocycles. The quantitative estimate of drug-likeness (QED) is 0.843. The van der Waals surface area contributed by atoms with E-state index < -0.39 is 0 Å². The maximum Gasteiger partial charge on any atom is 0.203 e. The molecule has 0 aliphatic carbocycles. The van der Waals surface area contributed by atoms with Crippen molar-refractivity contribution in [3.63, 3.8) is 0 Å². The van der Waals surface area contributed by atoms with Gasteiger partial charge in [-0.25, -0.2) is 0 Å². The lowest BCUT2D eigenvalue weighted by Crippen LogP contribution is -2.16. The van der Waals surface area contributed by atoms with Crippen LogP contribution in [0.3, 0.4) is 0 Å². The number of hydrogen-bond donors (Lipinski definition) is 0. The van der Waals surface area contributed by atoms with Crippen LogP contribution < -0.4 is 14.2 Å². The average molecular weight is 256 g/mol. The SMILES string of the molecule is Cc1cc2c(c(OCc3ccccc3)c1)OCCO2. The highest BCUT2D eigenvalue weighted by molar-refractivity contribution is 5.54. The van der Waals surface area contributed by atoms with Crippen LogP contribution in [0.2, 0.25) is 0 Å². The summed E-state index contributed by atoms with van der Waals surface area (Å²) in [4.78, 5) is 0. The van der Waals surface area contributed by atoms with Gasteiger partial charge in [-0.05, 0) is 30.2 Å². The van der Waals surface area contributed by atoms with Crippen molar-refractivity contribution in [3.05, 3.63) is 53.6 Å². The van der Waals surface area contributed by atoms with Gasteiger partial charge in [0, 0.05) is 0 Å². The lowest BCUT2D eigenvalue weighted by atomic mass is 10.2. The Bertz CT molecular complexity index is 564. The molecule has 0 unspecified atom stereocenters. The maximum absolute atomic E-state index is 5.87. The molecule has 3 nitrogen and oxygen atoms in total. The fraction of sp³-hybridized carbons (Fsp3) is 0.250. The second kappa shape index (κ2) is 5.22. The summed E-state index contributed by atoms with van der Waals surface area (Å²) in [5, 5.41) is 0. The Morgan fingerprint density at radius 1 is 1.05 bits per heavy atom. The van der Waals surface area contributed by atoms with Gasteiger partial charge in [0.15, 0.2) is 11.5 Å². The van der Waals surface area contributed by atoms with Crippen LogP contribution in [0.4, 0.5) is 0 Å². The zero-order valence-electron chi connectivity index (χ0n) is 10.9. The molecule has 3 rings (SSSR count). The normalized spacial score (nSPS) is 13.1. The minimum Gasteiger partial charge on any atom is -0.486 e. The third-order valence-corrected chi connectivity index (χ3v) is 2.99. The first-order valence-electron chi connectivity index (χ1n) is 6.40. The van der Waals surface area contributed by atoms with Crippen LogP contribution in [-0.4, -0.2) is 13.2 Å². The molecule has 1 aliphatic heterocycles. The largest absolute Gasteiger partial charge is 0.486 e. The van der Waals surface area contributed by atoms with Crippen molar-refractivity contribution >= 4 is 0 Å². The molecule has 0 N–H and O–H groups in total. The van der Waals surface area contributed by atoms with Crippen LogP contribution in [0, 0.1) is 6.92 Å². The topological polar surface area (TPSA) is 27.7 Å². The monoisotopic (exact) mass is 256 g/mol. The average Bonchev–Trinajstić information content (AvgIpc) is 2.45. The summed E-state index contributed by atoms with van der Waals surface area (Å²) in [6.07, 6.45) is 0. The zero-order valence-corrected chi connectivity index (χ0v) is 10.9. The van der Waals surface area contributed by atoms with Gasteiger partial charge in [-0.2, -0.15) is 0 Å². The van der Waals surface area contributed by atoms with Gasteiger partial charge in [0.2, 0.25) is 5.75 Å². The van der Waals surface area contributed by atoms with E-state index in [1.54, 1.807) is 0 Å². The molecule has 0 spiro atoms. The molecule has 3 heteroatoms. The van der Waals surface area contributed by atoms with Crippen molar-refractivity contribution in [3.8, 4) is 17.2 Å². The summed E-state index contributed by atoms with van der Waals surface area (Å²) in [5.74, 6) is 2.24. The molecule has 0 saturated carbocycles. The van der Waals surface area contributed by atoms with Gasteiger partial charge in [-0.3, -0.25) is 0 Å². The number of rotatable bonds is 3. The summed E-state index contributed by atoms with van der Waals surface area (Å²) in [6.45, 7) is 3.71. The van der Waals surface area contributed by atoms with Crippen molar-refractivity contribution in [2.75, 3.05) is 13.2 Å². The van der Waals surface area contributed by atoms with E-state index in [2.05, 4.69) is 0 Å². The van der Waals surface area contributed by atoms with Gasteiger partial charge in [-0.1, -0.05) is 30.3 Å². The predicted molar refractivity (Wildman–Crippen MR) is 72.9 cm³/mol. The molecule has 0 atom stereocenters. The molecule has 0 amide bonds. The lowest BCUT2D eigenvalue weighted by Gasteiger charge is -2.21. The second-order valence-electron chi connectivity index (χ2n) is 4.56. The van der Waals surface area contributed by atoms with Crippen molar-refractivity contribution in [2.24, 2.45) is 0 Å². The van der Waals surface area contributed by atoms with Gasteiger partial charge >= 0.3 is 0 Å². The Kier molecular flexibility index (Phi) is 3.27. The van der Waals surface area contributed by atoms with Gasteiger partial charge in [0.05, 0.1) is 0 Å². The molecular formula is C16H16O3. The maximum atomic E-state index is 5.87. The van der Waals surface area contributed by atoms with Crippen LogP contribution >= 0.6 is 0 Å². The minimum atomic E-state index is 0.528. The molecule has 1 heterocycles. The Labute approximate surface area is 112 Å². The summed E-state index contributed by atoms with van der Waals surface area (Å²) >= 11 is 0. The highest BCUT2D eigenvalue weighted by Crippen LogP contribution is 2.40. The highest BCUT2D eigenvalue weighted by atomic mass is 16.6. The highest BCUT2D eigenvalue weighted by Gasteiger charge is 2.17. The minimum absolute atomic E-state index is 0.528. The van der Waals surface area contributed by atoms with Crippen LogP contribution in [0.5, 0.6) is 17.2 Å². The molecule has 98 valence electrons. The molecule has 0 bridgehead atoms. The molecule has 1 aliphatic rings. The van der Waals surface area contributed by atoms with E-state index in [0.29, 0.717) is 25.6 Å². The number of ether oxygens (including phenoxy) is 3. The number of fused-ring (bicyclic) bond motifs is 1. The van der Waals surface area contributed by atoms with Crippen LogP contribution in [-0.2, 0) is 6.61 Å². The Morgan fingerprint density at radius 3 is 2.68 bits per heavy atom. The van der Waals surface area contributed by atoms with Crippen LogP contribution in [0.25, 0.3) is 0 Å². The summed E-state index contributed by atoms with van der Waals surface area (Å²) < 4.78 is 17.1. The Hall–Kier alpha value is -2.16. The second-order valence-corrected chi connectivity index (χ2v) is 4.56. The van der Waals surface area contributed by atoms with Gasteiger partial charge in [-0.15, -0.1) is 0 Å². The van der Waals surface area contributed by atoms with Gasteiger partial charge in [0.25, 0.3) is 0 Å². The predicted octanol–water partition coefficient (Wildman–Crippen LogP) is 3.35. The zero-order chi connectivity index (χ0) is 13.1. The van der Waals surface area contributed by atoms with Crippen LogP contribution in [0.1, 0.15) is 11.1 Å². The van der Waals surface area contributed by atoms with E-state index in [4.69, 9.17) is 14.2 Å². The summed E-state index contributed by atoms with van der Waals surface area (Å²) in [7, 11) is 0. The van der Waals surface area contributed by atoms with E-state index in [1.807, 2.05) is 49.4 Å². The van der Waals surface area contributed by atoms with E-state index in [9.17, 15) is 0 Å². The van der Waals surface area contributed by atoms with E-state index in [-0.39, 0.29) is 0 Å². The molecule has 0 radical (unpaired) electrons. The summed E-state index contributed by atoms with van der Waals surface area (Å²) in [6, 6.07) is 14.0. The molecule has 2 aromatic rings. The number of hydrogen-bond acceptors (Lipinski definition) is 3. The molecule has 2 aromatic carbocycles. The first-order valence-corrected chi connectivity index (χ1v) is 6.40. The van der Waals surface area contributed by atoms with Gasteiger partial charge in [0.1, 0.15) is 19.8 Å². The van der Waals surface area contributed by atoms with Gasteiger partial charge < -0.3 is 14.2 Å². The first-order chi connectivity index (χ1) is 9.33.